The second-order valence-electron chi connectivity index (χ2n) is 6.87. The first-order chi connectivity index (χ1) is 14.9. The molecule has 3 rings (SSSR count). The van der Waals surface area contributed by atoms with E-state index in [1.54, 1.807) is 6.07 Å². The molecule has 1 heterocycles. The van der Waals surface area contributed by atoms with Gasteiger partial charge in [0.05, 0.1) is 26.9 Å². The van der Waals surface area contributed by atoms with E-state index in [1.807, 2.05) is 48.7 Å². The third-order valence-corrected chi connectivity index (χ3v) is 4.98. The molecule has 0 saturated heterocycles. The van der Waals surface area contributed by atoms with Crippen molar-refractivity contribution in [2.24, 2.45) is 0 Å². The fourth-order valence-electron chi connectivity index (χ4n) is 3.51. The SMILES string of the molecule is COc1cc(C(=O)OCC(=O)c2cc(C)n(-c3ccccc3)c2C)cc(OC)c1OC. The van der Waals surface area contributed by atoms with Crippen molar-refractivity contribution in [3.63, 3.8) is 0 Å². The van der Waals surface area contributed by atoms with E-state index in [0.717, 1.165) is 17.1 Å². The van der Waals surface area contributed by atoms with E-state index in [0.29, 0.717) is 22.8 Å². The number of ketones is 1. The van der Waals surface area contributed by atoms with Crippen LogP contribution in [-0.4, -0.2) is 44.3 Å². The first-order valence-corrected chi connectivity index (χ1v) is 9.66. The number of Topliss-reactive ketones (excluding diaryl/α,β-unsaturated/α-hetero) is 1. The number of carbonyl (C=O) groups is 2. The predicted octanol–water partition coefficient (Wildman–Crippen LogP) is 4.16. The van der Waals surface area contributed by atoms with Crippen molar-refractivity contribution in [1.82, 2.24) is 4.57 Å². The molecule has 1 aromatic heterocycles. The number of ether oxygens (including phenoxy) is 4. The highest BCUT2D eigenvalue weighted by atomic mass is 16.5. The fourth-order valence-corrected chi connectivity index (χ4v) is 3.51. The minimum atomic E-state index is -0.663. The van der Waals surface area contributed by atoms with Crippen LogP contribution < -0.4 is 14.2 Å². The Kier molecular flexibility index (Phi) is 6.65. The van der Waals surface area contributed by atoms with E-state index < -0.39 is 5.97 Å². The summed E-state index contributed by atoms with van der Waals surface area (Å²) >= 11 is 0. The molecule has 7 heteroatoms. The third kappa shape index (κ3) is 4.40. The van der Waals surface area contributed by atoms with Crippen LogP contribution in [0, 0.1) is 13.8 Å². The summed E-state index contributed by atoms with van der Waals surface area (Å²) in [5.41, 5.74) is 3.38. The predicted molar refractivity (Wildman–Crippen MR) is 116 cm³/mol. The first kappa shape index (κ1) is 22.0. The molecule has 0 N–H and O–H groups in total. The summed E-state index contributed by atoms with van der Waals surface area (Å²) in [6.45, 7) is 3.42. The van der Waals surface area contributed by atoms with E-state index >= 15 is 0 Å². The molecule has 0 atom stereocenters. The molecule has 162 valence electrons. The lowest BCUT2D eigenvalue weighted by Crippen LogP contribution is -2.15. The van der Waals surface area contributed by atoms with Crippen LogP contribution in [0.4, 0.5) is 0 Å². The Balaban J connectivity index is 1.78. The number of methoxy groups -OCH3 is 3. The van der Waals surface area contributed by atoms with Crippen LogP contribution in [0.3, 0.4) is 0 Å². The molecule has 0 radical (unpaired) electrons. The van der Waals surface area contributed by atoms with Gasteiger partial charge in [0.15, 0.2) is 18.1 Å². The van der Waals surface area contributed by atoms with E-state index in [9.17, 15) is 9.59 Å². The second kappa shape index (κ2) is 9.38. The van der Waals surface area contributed by atoms with Crippen molar-refractivity contribution >= 4 is 11.8 Å². The lowest BCUT2D eigenvalue weighted by Gasteiger charge is -2.13. The maximum absolute atomic E-state index is 12.8. The second-order valence-corrected chi connectivity index (χ2v) is 6.87. The summed E-state index contributed by atoms with van der Waals surface area (Å²) in [6.07, 6.45) is 0. The standard InChI is InChI=1S/C24H25NO6/c1-15-11-19(16(2)25(15)18-9-7-6-8-10-18)20(26)14-31-24(27)17-12-21(28-3)23(30-5)22(13-17)29-4/h6-13H,14H2,1-5H3. The molecule has 0 aliphatic carbocycles. The van der Waals surface area contributed by atoms with E-state index in [1.165, 1.54) is 33.5 Å². The van der Waals surface area contributed by atoms with Crippen molar-refractivity contribution in [1.29, 1.82) is 0 Å². The summed E-state index contributed by atoms with van der Waals surface area (Å²) in [5.74, 6) is 0.0737. The molecule has 0 unspecified atom stereocenters. The third-order valence-electron chi connectivity index (χ3n) is 4.98. The zero-order valence-corrected chi connectivity index (χ0v) is 18.2. The van der Waals surface area contributed by atoms with Crippen LogP contribution in [0.2, 0.25) is 0 Å². The van der Waals surface area contributed by atoms with Gasteiger partial charge < -0.3 is 23.5 Å². The molecule has 2 aromatic carbocycles. The molecule has 0 amide bonds. The molecule has 0 bridgehead atoms. The number of para-hydroxylation sites is 1. The Morgan fingerprint density at radius 2 is 1.48 bits per heavy atom. The van der Waals surface area contributed by atoms with Gasteiger partial charge in [0, 0.05) is 22.6 Å². The van der Waals surface area contributed by atoms with Gasteiger partial charge in [-0.15, -0.1) is 0 Å². The average molecular weight is 423 g/mol. The van der Waals surface area contributed by atoms with Gasteiger partial charge in [-0.05, 0) is 44.2 Å². The Hall–Kier alpha value is -3.74. The topological polar surface area (TPSA) is 76.0 Å². The highest BCUT2D eigenvalue weighted by Gasteiger charge is 2.21. The molecule has 0 aliphatic rings. The Morgan fingerprint density at radius 3 is 2.03 bits per heavy atom. The zero-order valence-electron chi connectivity index (χ0n) is 18.2. The average Bonchev–Trinajstić information content (AvgIpc) is 3.10. The summed E-state index contributed by atoms with van der Waals surface area (Å²) in [5, 5.41) is 0. The van der Waals surface area contributed by atoms with Gasteiger partial charge in [0.25, 0.3) is 0 Å². The highest BCUT2D eigenvalue weighted by molar-refractivity contribution is 6.00. The number of rotatable bonds is 8. The molecule has 0 aliphatic heterocycles. The number of aromatic nitrogens is 1. The summed E-state index contributed by atoms with van der Waals surface area (Å²) in [4.78, 5) is 25.3. The van der Waals surface area contributed by atoms with Crippen LogP contribution in [0.1, 0.15) is 32.1 Å². The van der Waals surface area contributed by atoms with Gasteiger partial charge >= 0.3 is 5.97 Å². The smallest absolute Gasteiger partial charge is 0.338 e. The Bertz CT molecular complexity index is 1080. The normalized spacial score (nSPS) is 10.5. The van der Waals surface area contributed by atoms with Crippen molar-refractivity contribution in [3.8, 4) is 22.9 Å². The Labute approximate surface area is 181 Å². The molecule has 0 fully saturated rings. The van der Waals surface area contributed by atoms with Crippen LogP contribution in [-0.2, 0) is 4.74 Å². The zero-order chi connectivity index (χ0) is 22.5. The van der Waals surface area contributed by atoms with Crippen LogP contribution >= 0.6 is 0 Å². The number of aryl methyl sites for hydroxylation is 1. The van der Waals surface area contributed by atoms with Crippen LogP contribution in [0.15, 0.2) is 48.5 Å². The van der Waals surface area contributed by atoms with Crippen LogP contribution in [0.25, 0.3) is 5.69 Å². The quantitative estimate of drug-likeness (QED) is 0.400. The molecular weight excluding hydrogens is 398 g/mol. The van der Waals surface area contributed by atoms with Crippen LogP contribution in [0.5, 0.6) is 17.2 Å². The van der Waals surface area contributed by atoms with E-state index in [-0.39, 0.29) is 18.0 Å². The minimum Gasteiger partial charge on any atom is -0.493 e. The number of nitrogens with zero attached hydrogens (tertiary/aromatic N) is 1. The summed E-state index contributed by atoms with van der Waals surface area (Å²) in [7, 11) is 4.39. The number of hydrogen-bond donors (Lipinski definition) is 0. The molecule has 3 aromatic rings. The number of benzene rings is 2. The minimum absolute atomic E-state index is 0.192. The van der Waals surface area contributed by atoms with Gasteiger partial charge in [-0.1, -0.05) is 18.2 Å². The lowest BCUT2D eigenvalue weighted by molar-refractivity contribution is 0.0474. The lowest BCUT2D eigenvalue weighted by atomic mass is 10.1. The monoisotopic (exact) mass is 423 g/mol. The number of carbonyl (C=O) groups excluding carboxylic acids is 2. The highest BCUT2D eigenvalue weighted by Crippen LogP contribution is 2.38. The number of hydrogen-bond acceptors (Lipinski definition) is 6. The summed E-state index contributed by atoms with van der Waals surface area (Å²) < 4.78 is 23.0. The van der Waals surface area contributed by atoms with E-state index in [2.05, 4.69) is 0 Å². The van der Waals surface area contributed by atoms with Gasteiger partial charge in [-0.2, -0.15) is 0 Å². The maximum atomic E-state index is 12.8. The van der Waals surface area contributed by atoms with Gasteiger partial charge in [-0.25, -0.2) is 4.79 Å². The van der Waals surface area contributed by atoms with Crippen molar-refractivity contribution in [2.45, 2.75) is 13.8 Å². The van der Waals surface area contributed by atoms with E-state index in [4.69, 9.17) is 18.9 Å². The molecule has 0 saturated carbocycles. The maximum Gasteiger partial charge on any atom is 0.338 e. The van der Waals surface area contributed by atoms with Gasteiger partial charge in [0.1, 0.15) is 0 Å². The Morgan fingerprint density at radius 1 is 0.871 bits per heavy atom. The largest absolute Gasteiger partial charge is 0.493 e. The molecule has 0 spiro atoms. The first-order valence-electron chi connectivity index (χ1n) is 9.66. The fraction of sp³-hybridized carbons (Fsp3) is 0.250. The summed E-state index contributed by atoms with van der Waals surface area (Å²) in [6, 6.07) is 14.5. The number of esters is 1. The van der Waals surface area contributed by atoms with Crippen molar-refractivity contribution in [2.75, 3.05) is 27.9 Å². The van der Waals surface area contributed by atoms with Gasteiger partial charge in [-0.3, -0.25) is 4.79 Å². The molecule has 31 heavy (non-hydrogen) atoms. The van der Waals surface area contributed by atoms with Crippen molar-refractivity contribution < 1.29 is 28.5 Å². The van der Waals surface area contributed by atoms with Crippen molar-refractivity contribution in [3.05, 3.63) is 71.0 Å². The molecule has 7 nitrogen and oxygen atoms in total. The molecular formula is C24H25NO6. The van der Waals surface area contributed by atoms with Gasteiger partial charge in [0.2, 0.25) is 11.5 Å².